The molecule has 2 heterocycles. The lowest BCUT2D eigenvalue weighted by Crippen LogP contribution is -2.58. The molecule has 9 heteroatoms. The van der Waals surface area contributed by atoms with Crippen LogP contribution in [0.3, 0.4) is 0 Å². The average molecular weight is 290 g/mol. The number of hydrogen-bond donors (Lipinski definition) is 4. The van der Waals surface area contributed by atoms with Crippen LogP contribution >= 0.6 is 11.8 Å². The minimum absolute atomic E-state index is 0.497. The molecule has 0 aromatic carbocycles. The van der Waals surface area contributed by atoms with E-state index in [2.05, 4.69) is 4.98 Å². The van der Waals surface area contributed by atoms with Crippen LogP contribution in [0.15, 0.2) is 17.6 Å². The Hall–Kier alpha value is -1.13. The van der Waals surface area contributed by atoms with Gasteiger partial charge in [0.15, 0.2) is 11.3 Å². The Morgan fingerprint density at radius 3 is 2.58 bits per heavy atom. The number of imidazole rings is 1. The van der Waals surface area contributed by atoms with Crippen molar-refractivity contribution in [1.82, 2.24) is 9.55 Å². The second-order valence-electron chi connectivity index (χ2n) is 4.17. The first-order valence-electron chi connectivity index (χ1n) is 5.48. The molecule has 1 aromatic rings. The zero-order chi connectivity index (χ0) is 14.2. The first kappa shape index (κ1) is 14.3. The predicted molar refractivity (Wildman–Crippen MR) is 63.4 cm³/mol. The lowest BCUT2D eigenvalue weighted by Gasteiger charge is -2.38. The minimum atomic E-state index is -1.68. The van der Waals surface area contributed by atoms with Crippen LogP contribution in [0.1, 0.15) is 0 Å². The van der Waals surface area contributed by atoms with Gasteiger partial charge in [-0.05, 0) is 0 Å². The summed E-state index contributed by atoms with van der Waals surface area (Å²) in [5, 5.41) is 38.4. The van der Waals surface area contributed by atoms with Gasteiger partial charge in [0.25, 0.3) is 0 Å². The fourth-order valence-electron chi connectivity index (χ4n) is 1.72. The Morgan fingerprint density at radius 2 is 2.05 bits per heavy atom. The van der Waals surface area contributed by atoms with Gasteiger partial charge in [0.1, 0.15) is 23.7 Å². The van der Waals surface area contributed by atoms with E-state index in [4.69, 9.17) is 9.84 Å². The lowest BCUT2D eigenvalue weighted by atomic mass is 10.0. The van der Waals surface area contributed by atoms with Gasteiger partial charge in [-0.2, -0.15) is 0 Å². The van der Waals surface area contributed by atoms with Crippen molar-refractivity contribution in [3.05, 3.63) is 12.4 Å². The van der Waals surface area contributed by atoms with Crippen molar-refractivity contribution >= 4 is 17.7 Å². The Kier molecular flexibility index (Phi) is 4.11. The van der Waals surface area contributed by atoms with E-state index in [-0.39, 0.29) is 0 Å². The number of hydrogen-bond acceptors (Lipinski definition) is 7. The topological polar surface area (TPSA) is 125 Å². The first-order chi connectivity index (χ1) is 8.91. The molecule has 1 fully saturated rings. The molecule has 2 rings (SSSR count). The third-order valence-electron chi connectivity index (χ3n) is 2.81. The van der Waals surface area contributed by atoms with E-state index in [9.17, 15) is 20.1 Å². The van der Waals surface area contributed by atoms with Crippen LogP contribution in [0.25, 0.3) is 0 Å². The maximum Gasteiger partial charge on any atom is 0.335 e. The number of aromatic nitrogens is 2. The molecule has 1 aliphatic heterocycles. The number of carbonyl (C=O) groups is 1. The molecule has 19 heavy (non-hydrogen) atoms. The number of rotatable bonds is 3. The van der Waals surface area contributed by atoms with E-state index in [0.717, 1.165) is 11.8 Å². The summed E-state index contributed by atoms with van der Waals surface area (Å²) in [6.45, 7) is 0. The molecule has 1 saturated heterocycles. The highest BCUT2D eigenvalue weighted by atomic mass is 32.2. The van der Waals surface area contributed by atoms with Crippen LogP contribution in [0.5, 0.6) is 0 Å². The van der Waals surface area contributed by atoms with Gasteiger partial charge in [0.05, 0.1) is 0 Å². The predicted octanol–water partition coefficient (Wildman–Crippen LogP) is -1.60. The highest BCUT2D eigenvalue weighted by Crippen LogP contribution is 2.32. The molecule has 106 valence electrons. The molecule has 0 amide bonds. The summed E-state index contributed by atoms with van der Waals surface area (Å²) in [6.07, 6.45) is -3.04. The first-order valence-corrected chi connectivity index (χ1v) is 6.36. The highest BCUT2D eigenvalue weighted by Gasteiger charge is 2.47. The summed E-state index contributed by atoms with van der Waals surface area (Å²) in [4.78, 5) is 14.9. The third kappa shape index (κ3) is 2.74. The molecule has 3 unspecified atom stereocenters. The van der Waals surface area contributed by atoms with Gasteiger partial charge in [-0.15, -0.1) is 0 Å². The molecular formula is C10H14N2O6S. The number of carboxylic acids is 1. The average Bonchev–Trinajstić information content (AvgIpc) is 2.75. The molecule has 0 saturated carbocycles. The van der Waals surface area contributed by atoms with E-state index < -0.39 is 35.8 Å². The van der Waals surface area contributed by atoms with E-state index in [1.165, 1.54) is 6.20 Å². The summed E-state index contributed by atoms with van der Waals surface area (Å²) in [6, 6.07) is 0. The monoisotopic (exact) mass is 290 g/mol. The standard InChI is InChI=1S/C10H14N2O6S/c1-12-3-2-11-10(12)19-9-6(15)4(13)5(14)7(18-9)8(16)17/h2-7,9,13-15H,1H3,(H,16,17)/t4?,5-,6?,7?,9-/m1/s1. The number of thioether (sulfide) groups is 1. The fraction of sp³-hybridized carbons (Fsp3) is 0.600. The van der Waals surface area contributed by atoms with Crippen LogP contribution < -0.4 is 0 Å². The molecular weight excluding hydrogens is 276 g/mol. The normalized spacial score (nSPS) is 35.3. The van der Waals surface area contributed by atoms with Crippen molar-refractivity contribution in [2.75, 3.05) is 0 Å². The largest absolute Gasteiger partial charge is 0.479 e. The van der Waals surface area contributed by atoms with E-state index in [1.807, 2.05) is 0 Å². The fourth-order valence-corrected chi connectivity index (χ4v) is 2.75. The number of aliphatic hydroxyl groups is 3. The number of carboxylic acid groups (broad SMARTS) is 1. The van der Waals surface area contributed by atoms with Crippen molar-refractivity contribution in [1.29, 1.82) is 0 Å². The Bertz CT molecular complexity index is 467. The van der Waals surface area contributed by atoms with Gasteiger partial charge >= 0.3 is 5.97 Å². The second kappa shape index (κ2) is 5.47. The van der Waals surface area contributed by atoms with Crippen molar-refractivity contribution in [3.63, 3.8) is 0 Å². The quantitative estimate of drug-likeness (QED) is 0.525. The Balaban J connectivity index is 2.15. The smallest absolute Gasteiger partial charge is 0.335 e. The molecule has 5 atom stereocenters. The second-order valence-corrected chi connectivity index (χ2v) is 5.24. The van der Waals surface area contributed by atoms with E-state index >= 15 is 0 Å². The van der Waals surface area contributed by atoms with Crippen LogP contribution in [0, 0.1) is 0 Å². The summed E-state index contributed by atoms with van der Waals surface area (Å²) >= 11 is 0.978. The molecule has 0 radical (unpaired) electrons. The van der Waals surface area contributed by atoms with Crippen LogP contribution in [0.4, 0.5) is 0 Å². The van der Waals surface area contributed by atoms with Crippen LogP contribution in [-0.4, -0.2) is 65.8 Å². The lowest BCUT2D eigenvalue weighted by molar-refractivity contribution is -0.209. The molecule has 1 aromatic heterocycles. The van der Waals surface area contributed by atoms with Crippen LogP contribution in [0.2, 0.25) is 0 Å². The van der Waals surface area contributed by atoms with Crippen molar-refractivity contribution < 1.29 is 30.0 Å². The number of nitrogens with zero attached hydrogens (tertiary/aromatic N) is 2. The third-order valence-corrected chi connectivity index (χ3v) is 4.04. The van der Waals surface area contributed by atoms with Crippen molar-refractivity contribution in [2.45, 2.75) is 35.0 Å². The molecule has 4 N–H and O–H groups in total. The number of ether oxygens (including phenoxy) is 1. The minimum Gasteiger partial charge on any atom is -0.479 e. The maximum absolute atomic E-state index is 10.9. The zero-order valence-corrected chi connectivity index (χ0v) is 10.8. The van der Waals surface area contributed by atoms with Crippen molar-refractivity contribution in [3.8, 4) is 0 Å². The number of aliphatic hydroxyl groups excluding tert-OH is 3. The SMILES string of the molecule is Cn1ccnc1S[C@H]1OC(C(=O)O)[C@H](O)C(O)C1O. The molecule has 0 spiro atoms. The molecule has 0 bridgehead atoms. The van der Waals surface area contributed by atoms with E-state index in [0.29, 0.717) is 5.16 Å². The highest BCUT2D eigenvalue weighted by molar-refractivity contribution is 7.99. The van der Waals surface area contributed by atoms with Crippen LogP contribution in [-0.2, 0) is 16.6 Å². The molecule has 0 aliphatic carbocycles. The Labute approximate surface area is 112 Å². The molecule has 1 aliphatic rings. The van der Waals surface area contributed by atoms with Gasteiger partial charge in [-0.25, -0.2) is 9.78 Å². The maximum atomic E-state index is 10.9. The zero-order valence-electron chi connectivity index (χ0n) is 9.95. The molecule has 8 nitrogen and oxygen atoms in total. The summed E-state index contributed by atoms with van der Waals surface area (Å²) in [7, 11) is 1.73. The van der Waals surface area contributed by atoms with Gasteiger partial charge in [0, 0.05) is 19.4 Å². The van der Waals surface area contributed by atoms with Crippen molar-refractivity contribution in [2.24, 2.45) is 7.05 Å². The van der Waals surface area contributed by atoms with Gasteiger partial charge in [0.2, 0.25) is 0 Å². The summed E-state index contributed by atoms with van der Waals surface area (Å²) < 4.78 is 6.78. The number of aliphatic carboxylic acids is 1. The number of aryl methyl sites for hydroxylation is 1. The van der Waals surface area contributed by atoms with Gasteiger partial charge in [-0.3, -0.25) is 0 Å². The summed E-state index contributed by atoms with van der Waals surface area (Å²) in [5.41, 5.74) is -1.03. The van der Waals surface area contributed by atoms with Gasteiger partial charge < -0.3 is 29.7 Å². The van der Waals surface area contributed by atoms with E-state index in [1.54, 1.807) is 17.8 Å². The Morgan fingerprint density at radius 1 is 1.37 bits per heavy atom. The summed E-state index contributed by atoms with van der Waals surface area (Å²) in [5.74, 6) is -1.40. The van der Waals surface area contributed by atoms with Gasteiger partial charge in [-0.1, -0.05) is 11.8 Å².